The number of carbonyl (C=O) groups is 2. The fourth-order valence-electron chi connectivity index (χ4n) is 3.09. The number of benzene rings is 2. The average molecular weight is 447 g/mol. The van der Waals surface area contributed by atoms with Crippen LogP contribution in [0.2, 0.25) is 5.02 Å². The minimum atomic E-state index is -0.493. The molecule has 0 saturated carbocycles. The van der Waals surface area contributed by atoms with Crippen LogP contribution in [0.1, 0.15) is 44.7 Å². The lowest BCUT2D eigenvalue weighted by Crippen LogP contribution is -2.51. The van der Waals surface area contributed by atoms with Crippen LogP contribution in [0.3, 0.4) is 0 Å². The van der Waals surface area contributed by atoms with Crippen LogP contribution in [0.4, 0.5) is 0 Å². The molecule has 2 atom stereocenters. The fourth-order valence-corrected chi connectivity index (χ4v) is 4.28. The highest BCUT2D eigenvalue weighted by molar-refractivity contribution is 7.99. The van der Waals surface area contributed by atoms with E-state index in [1.165, 1.54) is 11.8 Å². The van der Waals surface area contributed by atoms with Gasteiger partial charge in [-0.05, 0) is 37.0 Å². The van der Waals surface area contributed by atoms with Gasteiger partial charge in [-0.3, -0.25) is 9.59 Å². The minimum Gasteiger partial charge on any atom is -0.352 e. The number of thioether (sulfide) groups is 1. The van der Waals surface area contributed by atoms with Crippen molar-refractivity contribution in [3.63, 3.8) is 0 Å². The Morgan fingerprint density at radius 3 is 2.33 bits per heavy atom. The Labute approximate surface area is 189 Å². The van der Waals surface area contributed by atoms with Gasteiger partial charge < -0.3 is 10.2 Å². The number of hydrogen-bond donors (Lipinski definition) is 1. The zero-order valence-electron chi connectivity index (χ0n) is 17.9. The van der Waals surface area contributed by atoms with Crippen molar-refractivity contribution >= 4 is 35.2 Å². The van der Waals surface area contributed by atoms with Crippen molar-refractivity contribution in [1.82, 2.24) is 10.2 Å². The molecule has 2 amide bonds. The molecule has 0 aliphatic rings. The van der Waals surface area contributed by atoms with E-state index in [1.54, 1.807) is 4.90 Å². The van der Waals surface area contributed by atoms with Crippen molar-refractivity contribution in [3.8, 4) is 0 Å². The van der Waals surface area contributed by atoms with Crippen LogP contribution >= 0.6 is 23.4 Å². The Morgan fingerprint density at radius 2 is 1.70 bits per heavy atom. The Balaban J connectivity index is 2.11. The van der Waals surface area contributed by atoms with Crippen LogP contribution < -0.4 is 5.32 Å². The summed E-state index contributed by atoms with van der Waals surface area (Å²) in [6.45, 7) is 6.37. The summed E-state index contributed by atoms with van der Waals surface area (Å²) in [5, 5.41) is 3.74. The summed E-state index contributed by atoms with van der Waals surface area (Å²) in [7, 11) is 0. The topological polar surface area (TPSA) is 49.4 Å². The largest absolute Gasteiger partial charge is 0.352 e. The predicted molar refractivity (Wildman–Crippen MR) is 127 cm³/mol. The SMILES string of the molecule is CC[C@H](C)NC(=O)[C@H](CC)N(Cc1ccccc1)C(=O)CSCc1ccccc1Cl. The van der Waals surface area contributed by atoms with Gasteiger partial charge in [-0.25, -0.2) is 0 Å². The maximum Gasteiger partial charge on any atom is 0.243 e. The maximum atomic E-state index is 13.2. The van der Waals surface area contributed by atoms with E-state index in [-0.39, 0.29) is 17.9 Å². The highest BCUT2D eigenvalue weighted by atomic mass is 35.5. The first-order valence-corrected chi connectivity index (χ1v) is 11.9. The first-order chi connectivity index (χ1) is 14.5. The molecule has 162 valence electrons. The lowest BCUT2D eigenvalue weighted by atomic mass is 10.1. The highest BCUT2D eigenvalue weighted by Gasteiger charge is 2.29. The van der Waals surface area contributed by atoms with Crippen LogP contribution in [0.5, 0.6) is 0 Å². The fraction of sp³-hybridized carbons (Fsp3) is 0.417. The zero-order valence-corrected chi connectivity index (χ0v) is 19.5. The van der Waals surface area contributed by atoms with Crippen LogP contribution in [0.15, 0.2) is 54.6 Å². The van der Waals surface area contributed by atoms with E-state index in [9.17, 15) is 9.59 Å². The summed E-state index contributed by atoms with van der Waals surface area (Å²) in [5.41, 5.74) is 2.02. The second-order valence-corrected chi connectivity index (χ2v) is 8.73. The quantitative estimate of drug-likeness (QED) is 0.509. The van der Waals surface area contributed by atoms with Crippen molar-refractivity contribution in [2.24, 2.45) is 0 Å². The van der Waals surface area contributed by atoms with Gasteiger partial charge in [-0.15, -0.1) is 11.8 Å². The molecule has 6 heteroatoms. The van der Waals surface area contributed by atoms with E-state index >= 15 is 0 Å². The molecular formula is C24H31ClN2O2S. The third kappa shape index (κ3) is 7.37. The van der Waals surface area contributed by atoms with Gasteiger partial charge in [0.05, 0.1) is 5.75 Å². The predicted octanol–water partition coefficient (Wildman–Crippen LogP) is 5.30. The molecule has 0 saturated heterocycles. The van der Waals surface area contributed by atoms with Crippen molar-refractivity contribution in [3.05, 3.63) is 70.7 Å². The van der Waals surface area contributed by atoms with Crippen molar-refractivity contribution in [2.75, 3.05) is 5.75 Å². The van der Waals surface area contributed by atoms with Gasteiger partial charge in [0.15, 0.2) is 0 Å². The third-order valence-electron chi connectivity index (χ3n) is 5.02. The van der Waals surface area contributed by atoms with Crippen molar-refractivity contribution in [2.45, 2.75) is 58.0 Å². The molecule has 0 aliphatic carbocycles. The number of rotatable bonds is 11. The average Bonchev–Trinajstić information content (AvgIpc) is 2.75. The summed E-state index contributed by atoms with van der Waals surface area (Å²) in [5.74, 6) is 0.820. The molecule has 0 fully saturated rings. The second-order valence-electron chi connectivity index (χ2n) is 7.33. The Bertz CT molecular complexity index is 816. The first-order valence-electron chi connectivity index (χ1n) is 10.4. The molecule has 2 rings (SSSR count). The van der Waals surface area contributed by atoms with Crippen LogP contribution in [-0.2, 0) is 21.9 Å². The normalized spacial score (nSPS) is 12.8. The molecule has 0 radical (unpaired) electrons. The number of carbonyl (C=O) groups excluding carboxylic acids is 2. The molecular weight excluding hydrogens is 416 g/mol. The number of amides is 2. The summed E-state index contributed by atoms with van der Waals surface area (Å²) < 4.78 is 0. The van der Waals surface area contributed by atoms with Crippen LogP contribution in [0, 0.1) is 0 Å². The number of hydrogen-bond acceptors (Lipinski definition) is 3. The van der Waals surface area contributed by atoms with Crippen LogP contribution in [0.25, 0.3) is 0 Å². The third-order valence-corrected chi connectivity index (χ3v) is 6.36. The summed E-state index contributed by atoms with van der Waals surface area (Å²) >= 11 is 7.74. The lowest BCUT2D eigenvalue weighted by Gasteiger charge is -2.31. The first kappa shape index (κ1) is 24.3. The van der Waals surface area contributed by atoms with E-state index in [0.29, 0.717) is 29.5 Å². The molecule has 30 heavy (non-hydrogen) atoms. The van der Waals surface area contributed by atoms with Crippen LogP contribution in [-0.4, -0.2) is 34.6 Å². The molecule has 0 aromatic heterocycles. The van der Waals surface area contributed by atoms with Gasteiger partial charge >= 0.3 is 0 Å². The van der Waals surface area contributed by atoms with Crippen molar-refractivity contribution < 1.29 is 9.59 Å². The van der Waals surface area contributed by atoms with Gasteiger partial charge in [-0.1, -0.05) is 74.0 Å². The van der Waals surface area contributed by atoms with Gasteiger partial charge in [0.1, 0.15) is 6.04 Å². The van der Waals surface area contributed by atoms with E-state index in [1.807, 2.05) is 75.4 Å². The Kier molecular flexibility index (Phi) is 10.2. The molecule has 4 nitrogen and oxygen atoms in total. The molecule has 0 aliphatic heterocycles. The minimum absolute atomic E-state index is 0.0398. The van der Waals surface area contributed by atoms with Crippen molar-refractivity contribution in [1.29, 1.82) is 0 Å². The number of halogens is 1. The van der Waals surface area contributed by atoms with E-state index in [4.69, 9.17) is 11.6 Å². The number of nitrogens with zero attached hydrogens (tertiary/aromatic N) is 1. The van der Waals surface area contributed by atoms with E-state index in [0.717, 1.165) is 17.5 Å². The second kappa shape index (κ2) is 12.7. The zero-order chi connectivity index (χ0) is 21.9. The molecule has 1 N–H and O–H groups in total. The standard InChI is InChI=1S/C24H31ClN2O2S/c1-4-18(3)26-24(29)22(5-2)27(15-19-11-7-6-8-12-19)23(28)17-30-16-20-13-9-10-14-21(20)25/h6-14,18,22H,4-5,15-17H2,1-3H3,(H,26,29)/t18-,22-/m0/s1. The Hall–Kier alpha value is -1.98. The van der Waals surface area contributed by atoms with Gasteiger partial charge in [0, 0.05) is 23.4 Å². The van der Waals surface area contributed by atoms with Gasteiger partial charge in [-0.2, -0.15) is 0 Å². The van der Waals surface area contributed by atoms with Gasteiger partial charge in [0.25, 0.3) is 0 Å². The summed E-state index contributed by atoms with van der Waals surface area (Å²) in [6, 6.07) is 17.1. The monoisotopic (exact) mass is 446 g/mol. The Morgan fingerprint density at radius 1 is 1.03 bits per heavy atom. The molecule has 0 heterocycles. The summed E-state index contributed by atoms with van der Waals surface area (Å²) in [6.07, 6.45) is 1.42. The molecule has 0 spiro atoms. The van der Waals surface area contributed by atoms with E-state index < -0.39 is 6.04 Å². The molecule has 2 aromatic carbocycles. The van der Waals surface area contributed by atoms with E-state index in [2.05, 4.69) is 5.32 Å². The number of nitrogens with one attached hydrogen (secondary N) is 1. The molecule has 0 bridgehead atoms. The molecule has 0 unspecified atom stereocenters. The smallest absolute Gasteiger partial charge is 0.243 e. The van der Waals surface area contributed by atoms with Gasteiger partial charge in [0.2, 0.25) is 11.8 Å². The lowest BCUT2D eigenvalue weighted by molar-refractivity contribution is -0.139. The summed E-state index contributed by atoms with van der Waals surface area (Å²) in [4.78, 5) is 27.8. The highest BCUT2D eigenvalue weighted by Crippen LogP contribution is 2.22. The maximum absolute atomic E-state index is 13.2. The molecule has 2 aromatic rings.